The Morgan fingerprint density at radius 2 is 1.70 bits per heavy atom. The van der Waals surface area contributed by atoms with Crippen LogP contribution in [0.1, 0.15) is 18.0 Å². The summed E-state index contributed by atoms with van der Waals surface area (Å²) in [6, 6.07) is 13.2. The summed E-state index contributed by atoms with van der Waals surface area (Å²) in [6.07, 6.45) is 3.71. The zero-order valence-electron chi connectivity index (χ0n) is 10.4. The maximum Gasteiger partial charge on any atom is 0.0868 e. The Morgan fingerprint density at radius 1 is 1.00 bits per heavy atom. The van der Waals surface area contributed by atoms with Crippen molar-refractivity contribution in [3.8, 4) is 0 Å². The molecular formula is C15H10Cl3N2. The van der Waals surface area contributed by atoms with Crippen LogP contribution in [0.4, 0.5) is 5.69 Å². The molecule has 0 saturated carbocycles. The fourth-order valence-corrected chi connectivity index (χ4v) is 2.81. The lowest BCUT2D eigenvalue weighted by atomic mass is 10.0. The first-order chi connectivity index (χ1) is 9.65. The molecule has 0 amide bonds. The number of rotatable bonds is 2. The Hall–Kier alpha value is -1.22. The van der Waals surface area contributed by atoms with Crippen LogP contribution < -0.4 is 5.01 Å². The predicted molar refractivity (Wildman–Crippen MR) is 85.2 cm³/mol. The summed E-state index contributed by atoms with van der Waals surface area (Å²) in [5.74, 6) is 0. The van der Waals surface area contributed by atoms with E-state index >= 15 is 0 Å². The standard InChI is InChI=1S/C15H10Cl3N2/c16-11-3-1-10(2-4-11)14-7-8-19-20(14)15-6-5-12(17)9-13(15)18/h1-6,9,14H,7H2. The van der Waals surface area contributed by atoms with Gasteiger partial charge in [0.05, 0.1) is 23.0 Å². The average molecular weight is 325 g/mol. The maximum absolute atomic E-state index is 6.25. The smallest absolute Gasteiger partial charge is 0.0868 e. The Balaban J connectivity index is 1.95. The number of anilines is 1. The lowest BCUT2D eigenvalue weighted by molar-refractivity contribution is 0.710. The van der Waals surface area contributed by atoms with Gasteiger partial charge in [0.25, 0.3) is 0 Å². The number of benzene rings is 2. The van der Waals surface area contributed by atoms with Crippen LogP contribution in [0.15, 0.2) is 47.6 Å². The number of hydrogen-bond acceptors (Lipinski definition) is 2. The van der Waals surface area contributed by atoms with E-state index in [-0.39, 0.29) is 6.04 Å². The SMILES string of the molecule is Clc1ccc(C2C[C]=NN2c2ccc(Cl)cc2Cl)cc1. The molecule has 101 valence electrons. The lowest BCUT2D eigenvalue weighted by Gasteiger charge is -2.25. The van der Waals surface area contributed by atoms with Crippen molar-refractivity contribution in [2.24, 2.45) is 5.10 Å². The third kappa shape index (κ3) is 2.64. The highest BCUT2D eigenvalue weighted by molar-refractivity contribution is 6.36. The fourth-order valence-electron chi connectivity index (χ4n) is 2.19. The van der Waals surface area contributed by atoms with Crippen LogP contribution in [0.2, 0.25) is 15.1 Å². The molecule has 2 aromatic carbocycles. The summed E-state index contributed by atoms with van der Waals surface area (Å²) in [6.45, 7) is 0. The van der Waals surface area contributed by atoms with Gasteiger partial charge in [0.1, 0.15) is 0 Å². The van der Waals surface area contributed by atoms with Crippen LogP contribution in [0.5, 0.6) is 0 Å². The summed E-state index contributed by atoms with van der Waals surface area (Å²) in [5, 5.41) is 8.06. The second-order valence-electron chi connectivity index (χ2n) is 4.47. The number of halogens is 3. The molecule has 1 aliphatic heterocycles. The first-order valence-electron chi connectivity index (χ1n) is 6.08. The molecule has 0 fully saturated rings. The highest BCUT2D eigenvalue weighted by atomic mass is 35.5. The molecule has 0 aliphatic carbocycles. The Bertz CT molecular complexity index is 653. The van der Waals surface area contributed by atoms with E-state index in [9.17, 15) is 0 Å². The number of nitrogens with zero attached hydrogens (tertiary/aromatic N) is 2. The molecule has 3 rings (SSSR count). The van der Waals surface area contributed by atoms with E-state index in [2.05, 4.69) is 11.3 Å². The van der Waals surface area contributed by atoms with E-state index < -0.39 is 0 Å². The predicted octanol–water partition coefficient (Wildman–Crippen LogP) is 5.46. The molecule has 0 saturated heterocycles. The summed E-state index contributed by atoms with van der Waals surface area (Å²) < 4.78 is 0. The molecule has 1 unspecified atom stereocenters. The molecule has 2 nitrogen and oxygen atoms in total. The van der Waals surface area contributed by atoms with Gasteiger partial charge in [0.15, 0.2) is 0 Å². The number of hydrazone groups is 1. The summed E-state index contributed by atoms with van der Waals surface area (Å²) in [5.41, 5.74) is 1.94. The molecule has 1 aliphatic rings. The van der Waals surface area contributed by atoms with E-state index in [1.54, 1.807) is 12.1 Å². The molecule has 1 radical (unpaired) electrons. The maximum atomic E-state index is 6.25. The molecule has 0 spiro atoms. The minimum Gasteiger partial charge on any atom is -0.256 e. The fraction of sp³-hybridized carbons (Fsp3) is 0.133. The monoisotopic (exact) mass is 323 g/mol. The first kappa shape index (κ1) is 13.7. The molecule has 1 heterocycles. The highest BCUT2D eigenvalue weighted by Crippen LogP contribution is 2.38. The minimum absolute atomic E-state index is 0.0749. The van der Waals surface area contributed by atoms with Crippen molar-refractivity contribution in [1.82, 2.24) is 0 Å². The van der Waals surface area contributed by atoms with Gasteiger partial charge in [-0.3, -0.25) is 5.01 Å². The van der Waals surface area contributed by atoms with Gasteiger partial charge in [-0.25, -0.2) is 0 Å². The largest absolute Gasteiger partial charge is 0.256 e. The van der Waals surface area contributed by atoms with E-state index in [0.717, 1.165) is 11.3 Å². The second-order valence-corrected chi connectivity index (χ2v) is 5.75. The van der Waals surface area contributed by atoms with Gasteiger partial charge in [-0.05, 0) is 35.9 Å². The summed E-state index contributed by atoms with van der Waals surface area (Å²) in [7, 11) is 0. The molecule has 0 N–H and O–H groups in total. The van der Waals surface area contributed by atoms with Gasteiger partial charge in [0.2, 0.25) is 0 Å². The van der Waals surface area contributed by atoms with Gasteiger partial charge >= 0.3 is 0 Å². The zero-order chi connectivity index (χ0) is 14.1. The Kier molecular flexibility index (Phi) is 3.88. The van der Waals surface area contributed by atoms with Crippen molar-refractivity contribution in [2.75, 3.05) is 5.01 Å². The van der Waals surface area contributed by atoms with Gasteiger partial charge < -0.3 is 0 Å². The van der Waals surface area contributed by atoms with Gasteiger partial charge in [-0.15, -0.1) is 0 Å². The van der Waals surface area contributed by atoms with Crippen LogP contribution in [0, 0.1) is 0 Å². The van der Waals surface area contributed by atoms with Gasteiger partial charge in [-0.2, -0.15) is 5.10 Å². The molecule has 1 atom stereocenters. The third-order valence-electron chi connectivity index (χ3n) is 3.17. The molecular weight excluding hydrogens is 315 g/mol. The normalized spacial score (nSPS) is 17.8. The molecule has 0 bridgehead atoms. The van der Waals surface area contributed by atoms with E-state index in [1.165, 1.54) is 0 Å². The summed E-state index contributed by atoms with van der Waals surface area (Å²) >= 11 is 18.1. The van der Waals surface area contributed by atoms with Gasteiger partial charge in [-0.1, -0.05) is 46.9 Å². The molecule has 2 aromatic rings. The van der Waals surface area contributed by atoms with E-state index in [1.807, 2.05) is 35.3 Å². The Labute approximate surface area is 132 Å². The lowest BCUT2D eigenvalue weighted by Crippen LogP contribution is -2.18. The van der Waals surface area contributed by atoms with Crippen molar-refractivity contribution in [3.63, 3.8) is 0 Å². The zero-order valence-corrected chi connectivity index (χ0v) is 12.6. The van der Waals surface area contributed by atoms with E-state index in [0.29, 0.717) is 21.5 Å². The van der Waals surface area contributed by atoms with Crippen molar-refractivity contribution >= 4 is 46.7 Å². The molecule has 5 heteroatoms. The molecule has 20 heavy (non-hydrogen) atoms. The van der Waals surface area contributed by atoms with Gasteiger partial charge in [0, 0.05) is 16.5 Å². The average Bonchev–Trinajstić information content (AvgIpc) is 2.88. The Morgan fingerprint density at radius 3 is 2.40 bits per heavy atom. The van der Waals surface area contributed by atoms with Crippen molar-refractivity contribution in [3.05, 3.63) is 63.1 Å². The van der Waals surface area contributed by atoms with Crippen LogP contribution in [-0.4, -0.2) is 6.21 Å². The number of hydrogen-bond donors (Lipinski definition) is 0. The highest BCUT2D eigenvalue weighted by Gasteiger charge is 2.26. The third-order valence-corrected chi connectivity index (χ3v) is 3.96. The van der Waals surface area contributed by atoms with Crippen molar-refractivity contribution in [2.45, 2.75) is 12.5 Å². The van der Waals surface area contributed by atoms with E-state index in [4.69, 9.17) is 34.8 Å². The topological polar surface area (TPSA) is 15.6 Å². The van der Waals surface area contributed by atoms with Crippen LogP contribution in [0.25, 0.3) is 0 Å². The first-order valence-corrected chi connectivity index (χ1v) is 7.22. The van der Waals surface area contributed by atoms with Crippen LogP contribution in [-0.2, 0) is 0 Å². The quantitative estimate of drug-likeness (QED) is 0.716. The summed E-state index contributed by atoms with van der Waals surface area (Å²) in [4.78, 5) is 0. The van der Waals surface area contributed by atoms with Crippen molar-refractivity contribution < 1.29 is 0 Å². The van der Waals surface area contributed by atoms with Crippen LogP contribution >= 0.6 is 34.8 Å². The van der Waals surface area contributed by atoms with Crippen LogP contribution in [0.3, 0.4) is 0 Å². The molecule has 0 aromatic heterocycles. The minimum atomic E-state index is 0.0749. The van der Waals surface area contributed by atoms with Crippen molar-refractivity contribution in [1.29, 1.82) is 0 Å². The second kappa shape index (κ2) is 5.65.